The molecule has 0 aliphatic carbocycles. The molecule has 1 heterocycles. The number of pyridine rings is 1. The number of carbonyl (C=O) groups excluding carboxylic acids is 1. The van der Waals surface area contributed by atoms with Crippen LogP contribution < -0.4 is 10.6 Å². The van der Waals surface area contributed by atoms with Gasteiger partial charge in [-0.3, -0.25) is 9.98 Å². The molecule has 1 rings (SSSR count). The molecule has 0 fully saturated rings. The molecular weight excluding hydrogens is 469 g/mol. The van der Waals surface area contributed by atoms with E-state index in [-0.39, 0.29) is 30.1 Å². The molecule has 0 radical (unpaired) electrons. The highest BCUT2D eigenvalue weighted by atomic mass is 127. The van der Waals surface area contributed by atoms with Crippen molar-refractivity contribution in [2.45, 2.75) is 46.3 Å². The number of hydrogen-bond acceptors (Lipinski definition) is 4. The number of rotatable bonds is 9. The van der Waals surface area contributed by atoms with Crippen molar-refractivity contribution in [1.82, 2.24) is 20.5 Å². The van der Waals surface area contributed by atoms with Gasteiger partial charge < -0.3 is 20.3 Å². The summed E-state index contributed by atoms with van der Waals surface area (Å²) >= 11 is 0. The van der Waals surface area contributed by atoms with Crippen LogP contribution in [0.2, 0.25) is 0 Å². The number of hydrogen-bond donors (Lipinski definition) is 2. The molecule has 0 aliphatic heterocycles. The molecule has 2 N–H and O–H groups in total. The van der Waals surface area contributed by atoms with Gasteiger partial charge in [0.2, 0.25) is 0 Å². The van der Waals surface area contributed by atoms with E-state index in [4.69, 9.17) is 4.74 Å². The molecule has 0 aromatic carbocycles. The van der Waals surface area contributed by atoms with Gasteiger partial charge in [-0.2, -0.15) is 0 Å². The van der Waals surface area contributed by atoms with Crippen molar-refractivity contribution < 1.29 is 9.53 Å². The first kappa shape index (κ1) is 26.2. The van der Waals surface area contributed by atoms with Crippen LogP contribution in [0.15, 0.2) is 42.2 Å². The van der Waals surface area contributed by atoms with Crippen LogP contribution in [0.5, 0.6) is 0 Å². The second-order valence-corrected chi connectivity index (χ2v) is 7.05. The first-order valence-corrected chi connectivity index (χ1v) is 9.35. The lowest BCUT2D eigenvalue weighted by molar-refractivity contribution is 0.0232. The van der Waals surface area contributed by atoms with Gasteiger partial charge >= 0.3 is 6.09 Å². The molecule has 0 bridgehead atoms. The summed E-state index contributed by atoms with van der Waals surface area (Å²) in [6.07, 6.45) is 5.66. The first-order valence-electron chi connectivity index (χ1n) is 9.35. The number of aromatic nitrogens is 1. The zero-order valence-corrected chi connectivity index (χ0v) is 19.7. The molecule has 7 nitrogen and oxygen atoms in total. The fourth-order valence-corrected chi connectivity index (χ4v) is 2.24. The molecule has 0 saturated carbocycles. The van der Waals surface area contributed by atoms with Gasteiger partial charge in [-0.05, 0) is 45.7 Å². The van der Waals surface area contributed by atoms with E-state index in [0.717, 1.165) is 24.5 Å². The van der Waals surface area contributed by atoms with Gasteiger partial charge in [-0.25, -0.2) is 4.79 Å². The van der Waals surface area contributed by atoms with Crippen molar-refractivity contribution in [3.8, 4) is 0 Å². The fraction of sp³-hybridized carbons (Fsp3) is 0.550. The van der Waals surface area contributed by atoms with Crippen LogP contribution in [0.25, 0.3) is 0 Å². The lowest BCUT2D eigenvalue weighted by Gasteiger charge is -2.27. The topological polar surface area (TPSA) is 78.9 Å². The number of guanidine groups is 1. The van der Waals surface area contributed by atoms with Gasteiger partial charge in [-0.15, -0.1) is 30.6 Å². The maximum atomic E-state index is 12.5. The highest BCUT2D eigenvalue weighted by Gasteiger charge is 2.22. The average Bonchev–Trinajstić information content (AvgIpc) is 2.61. The Hall–Kier alpha value is -1.84. The van der Waals surface area contributed by atoms with Crippen molar-refractivity contribution in [2.24, 2.45) is 4.99 Å². The quantitative estimate of drug-likeness (QED) is 0.177. The minimum atomic E-state index is -0.532. The maximum Gasteiger partial charge on any atom is 0.410 e. The molecule has 1 amide bonds. The van der Waals surface area contributed by atoms with Crippen molar-refractivity contribution in [3.05, 3.63) is 42.7 Å². The van der Waals surface area contributed by atoms with E-state index in [1.54, 1.807) is 23.4 Å². The van der Waals surface area contributed by atoms with Gasteiger partial charge in [-0.1, -0.05) is 12.1 Å². The molecule has 0 saturated heterocycles. The summed E-state index contributed by atoms with van der Waals surface area (Å²) < 4.78 is 5.54. The molecular formula is C20H34IN5O2. The molecule has 0 aliphatic rings. The second-order valence-electron chi connectivity index (χ2n) is 7.05. The average molecular weight is 503 g/mol. The summed E-state index contributed by atoms with van der Waals surface area (Å²) in [6.45, 7) is 14.3. The van der Waals surface area contributed by atoms with Gasteiger partial charge in [0.25, 0.3) is 0 Å². The number of nitrogens with zero attached hydrogens (tertiary/aromatic N) is 3. The summed E-state index contributed by atoms with van der Waals surface area (Å²) in [5.74, 6) is 0.744. The fourth-order valence-electron chi connectivity index (χ4n) is 2.24. The molecule has 28 heavy (non-hydrogen) atoms. The van der Waals surface area contributed by atoms with Crippen LogP contribution in [0, 0.1) is 0 Å². The lowest BCUT2D eigenvalue weighted by atomic mass is 10.2. The highest BCUT2D eigenvalue weighted by molar-refractivity contribution is 14.0. The van der Waals surface area contributed by atoms with Crippen LogP contribution >= 0.6 is 24.0 Å². The van der Waals surface area contributed by atoms with E-state index < -0.39 is 5.60 Å². The zero-order valence-electron chi connectivity index (χ0n) is 17.4. The number of ether oxygens (including phenoxy) is 1. The number of nitrogens with one attached hydrogen (secondary N) is 2. The number of amides is 1. The first-order chi connectivity index (χ1) is 12.9. The van der Waals surface area contributed by atoms with Crippen LogP contribution in [-0.4, -0.2) is 53.7 Å². The van der Waals surface area contributed by atoms with Crippen molar-refractivity contribution in [3.63, 3.8) is 0 Å². The third-order valence-electron chi connectivity index (χ3n) is 3.36. The van der Waals surface area contributed by atoms with E-state index >= 15 is 0 Å². The zero-order chi connectivity index (χ0) is 20.1. The Kier molecular flexibility index (Phi) is 13.3. The Labute approximate surface area is 186 Å². The predicted molar refractivity (Wildman–Crippen MR) is 125 cm³/mol. The predicted octanol–water partition coefficient (Wildman–Crippen LogP) is 3.57. The van der Waals surface area contributed by atoms with E-state index in [1.165, 1.54) is 0 Å². The van der Waals surface area contributed by atoms with E-state index in [2.05, 4.69) is 27.2 Å². The summed E-state index contributed by atoms with van der Waals surface area (Å²) in [4.78, 5) is 22.9. The summed E-state index contributed by atoms with van der Waals surface area (Å²) in [6, 6.07) is 3.81. The maximum absolute atomic E-state index is 12.5. The molecule has 0 spiro atoms. The third-order valence-corrected chi connectivity index (χ3v) is 3.36. The smallest absolute Gasteiger partial charge is 0.410 e. The van der Waals surface area contributed by atoms with Gasteiger partial charge in [0.05, 0.1) is 6.54 Å². The van der Waals surface area contributed by atoms with Crippen LogP contribution in [0.1, 0.15) is 39.7 Å². The minimum absolute atomic E-state index is 0. The monoisotopic (exact) mass is 503 g/mol. The molecule has 0 unspecified atom stereocenters. The largest absolute Gasteiger partial charge is 0.444 e. The van der Waals surface area contributed by atoms with Gasteiger partial charge in [0.1, 0.15) is 5.60 Å². The Bertz CT molecular complexity index is 602. The SMILES string of the molecule is C=CCNC(=NCCCN(Cc1cccnc1)C(=O)OC(C)(C)C)NCC.I. The molecule has 158 valence electrons. The Morgan fingerprint density at radius 2 is 2.14 bits per heavy atom. The van der Waals surface area contributed by atoms with E-state index in [1.807, 2.05) is 39.8 Å². The number of carbonyl (C=O) groups is 1. The summed E-state index contributed by atoms with van der Waals surface area (Å²) in [7, 11) is 0. The van der Waals surface area contributed by atoms with Crippen LogP contribution in [0.3, 0.4) is 0 Å². The number of aliphatic imine (C=N–C) groups is 1. The minimum Gasteiger partial charge on any atom is -0.444 e. The molecule has 1 aromatic rings. The second kappa shape index (κ2) is 14.2. The van der Waals surface area contributed by atoms with Crippen LogP contribution in [0.4, 0.5) is 4.79 Å². The van der Waals surface area contributed by atoms with Crippen molar-refractivity contribution in [2.75, 3.05) is 26.2 Å². The van der Waals surface area contributed by atoms with E-state index in [9.17, 15) is 4.79 Å². The normalized spacial score (nSPS) is 11.2. The van der Waals surface area contributed by atoms with Gasteiger partial charge in [0, 0.05) is 38.6 Å². The molecule has 1 aromatic heterocycles. The van der Waals surface area contributed by atoms with Gasteiger partial charge in [0.15, 0.2) is 5.96 Å². The molecule has 8 heteroatoms. The summed E-state index contributed by atoms with van der Waals surface area (Å²) in [5, 5.41) is 6.34. The Balaban J connectivity index is 0.00000729. The Morgan fingerprint density at radius 1 is 1.39 bits per heavy atom. The Morgan fingerprint density at radius 3 is 2.71 bits per heavy atom. The summed E-state index contributed by atoms with van der Waals surface area (Å²) in [5.41, 5.74) is 0.433. The lowest BCUT2D eigenvalue weighted by Crippen LogP contribution is -2.38. The highest BCUT2D eigenvalue weighted by Crippen LogP contribution is 2.12. The molecule has 0 atom stereocenters. The third kappa shape index (κ3) is 11.8. The standard InChI is InChI=1S/C20H33N5O2.HI/c1-6-11-23-18(22-7-2)24-13-9-14-25(19(26)27-20(3,4)5)16-17-10-8-12-21-15-17;/h6,8,10,12,15H,1,7,9,11,13-14,16H2,2-5H3,(H2,22,23,24);1H. The van der Waals surface area contributed by atoms with E-state index in [0.29, 0.717) is 26.2 Å². The number of halogens is 1. The van der Waals surface area contributed by atoms with Crippen molar-refractivity contribution >= 4 is 36.0 Å². The van der Waals surface area contributed by atoms with Crippen molar-refractivity contribution in [1.29, 1.82) is 0 Å². The van der Waals surface area contributed by atoms with Crippen LogP contribution in [-0.2, 0) is 11.3 Å².